The molecule has 6 heteroatoms. The van der Waals surface area contributed by atoms with Crippen LogP contribution in [0.5, 0.6) is 5.75 Å². The van der Waals surface area contributed by atoms with E-state index < -0.39 is 16.1 Å². The summed E-state index contributed by atoms with van der Waals surface area (Å²) in [6, 6.07) is 8.79. The van der Waals surface area contributed by atoms with Gasteiger partial charge >= 0.3 is 5.97 Å². The van der Waals surface area contributed by atoms with E-state index in [1.807, 2.05) is 0 Å². The molecule has 0 heterocycles. The van der Waals surface area contributed by atoms with Crippen LogP contribution in [-0.4, -0.2) is 18.9 Å². The van der Waals surface area contributed by atoms with Gasteiger partial charge < -0.3 is 9.29 Å². The van der Waals surface area contributed by atoms with Gasteiger partial charge in [0.2, 0.25) is 0 Å². The Morgan fingerprint density at radius 1 is 1.11 bits per heavy atom. The molecule has 0 aliphatic carbocycles. The van der Waals surface area contributed by atoms with Crippen molar-refractivity contribution in [2.75, 3.05) is 0 Å². The molecule has 2 aromatic carbocycles. The Morgan fingerprint density at radius 2 is 1.72 bits per heavy atom. The van der Waals surface area contributed by atoms with Crippen LogP contribution in [0.2, 0.25) is 0 Å². The molecule has 2 rings (SSSR count). The fourth-order valence-corrected chi connectivity index (χ4v) is 2.39. The largest absolute Gasteiger partial charge is 0.744 e. The summed E-state index contributed by atoms with van der Waals surface area (Å²) < 4.78 is 38.3. The first-order valence-corrected chi connectivity index (χ1v) is 6.46. The van der Waals surface area contributed by atoms with E-state index in [0.717, 1.165) is 6.07 Å². The number of rotatable bonds is 2. The number of carbonyl (C=O) groups is 1. The number of hydrogen-bond donors (Lipinski definition) is 0. The molecule has 0 aliphatic heterocycles. The Morgan fingerprint density at radius 3 is 2.28 bits per heavy atom. The highest BCUT2D eigenvalue weighted by molar-refractivity contribution is 7.86. The highest BCUT2D eigenvalue weighted by Gasteiger charge is 2.11. The van der Waals surface area contributed by atoms with Gasteiger partial charge in [-0.2, -0.15) is 0 Å². The number of benzene rings is 2. The number of esters is 1. The van der Waals surface area contributed by atoms with Crippen molar-refractivity contribution in [2.45, 2.75) is 11.8 Å². The molecule has 0 aromatic heterocycles. The van der Waals surface area contributed by atoms with Crippen molar-refractivity contribution in [3.05, 3.63) is 36.4 Å². The van der Waals surface area contributed by atoms with Crippen LogP contribution in [0, 0.1) is 0 Å². The second-order valence-electron chi connectivity index (χ2n) is 3.66. The smallest absolute Gasteiger partial charge is 0.308 e. The summed E-state index contributed by atoms with van der Waals surface area (Å²) in [6.07, 6.45) is 0. The zero-order valence-corrected chi connectivity index (χ0v) is 10.2. The average Bonchev–Trinajstić information content (AvgIpc) is 2.27. The van der Waals surface area contributed by atoms with Crippen LogP contribution < -0.4 is 4.74 Å². The second kappa shape index (κ2) is 4.40. The van der Waals surface area contributed by atoms with Gasteiger partial charge in [0.25, 0.3) is 0 Å². The maximum atomic E-state index is 11.1. The molecule has 0 aliphatic rings. The monoisotopic (exact) mass is 265 g/mol. The van der Waals surface area contributed by atoms with E-state index in [9.17, 15) is 17.8 Å². The molecule has 0 saturated carbocycles. The van der Waals surface area contributed by atoms with Crippen molar-refractivity contribution in [2.24, 2.45) is 0 Å². The van der Waals surface area contributed by atoms with Gasteiger partial charge in [-0.3, -0.25) is 4.79 Å². The van der Waals surface area contributed by atoms with Crippen molar-refractivity contribution in [1.29, 1.82) is 0 Å². The molecule has 0 N–H and O–H groups in total. The lowest BCUT2D eigenvalue weighted by atomic mass is 10.1. The van der Waals surface area contributed by atoms with E-state index in [4.69, 9.17) is 4.74 Å². The molecule has 5 nitrogen and oxygen atoms in total. The first-order chi connectivity index (χ1) is 8.39. The van der Waals surface area contributed by atoms with E-state index in [0.29, 0.717) is 5.39 Å². The molecule has 94 valence electrons. The minimum atomic E-state index is -4.57. The average molecular weight is 265 g/mol. The van der Waals surface area contributed by atoms with Gasteiger partial charge in [-0.25, -0.2) is 8.42 Å². The lowest BCUT2D eigenvalue weighted by Gasteiger charge is -2.13. The minimum absolute atomic E-state index is 0.227. The highest BCUT2D eigenvalue weighted by Crippen LogP contribution is 2.30. The third-order valence-electron chi connectivity index (χ3n) is 2.37. The summed E-state index contributed by atoms with van der Waals surface area (Å²) in [5.41, 5.74) is 0. The van der Waals surface area contributed by atoms with Crippen molar-refractivity contribution >= 4 is 26.9 Å². The van der Waals surface area contributed by atoms with Crippen LogP contribution in [0.1, 0.15) is 6.92 Å². The van der Waals surface area contributed by atoms with Crippen LogP contribution in [0.15, 0.2) is 41.3 Å². The van der Waals surface area contributed by atoms with E-state index in [2.05, 4.69) is 0 Å². The van der Waals surface area contributed by atoms with Crippen molar-refractivity contribution in [3.63, 3.8) is 0 Å². The van der Waals surface area contributed by atoms with E-state index >= 15 is 0 Å². The molecule has 0 unspecified atom stereocenters. The standard InChI is InChI=1S/C12H10O5S/c1-8(13)17-11-6-7-12(18(14,15)16)10-5-3-2-4-9(10)11/h2-7H,1H3,(H,14,15,16)/p-1. The van der Waals surface area contributed by atoms with Gasteiger partial charge in [-0.05, 0) is 12.1 Å². The van der Waals surface area contributed by atoms with Gasteiger partial charge in [-0.15, -0.1) is 0 Å². The Labute approximate surface area is 104 Å². The van der Waals surface area contributed by atoms with Crippen LogP contribution in [0.4, 0.5) is 0 Å². The third-order valence-corrected chi connectivity index (χ3v) is 3.26. The van der Waals surface area contributed by atoms with E-state index in [1.54, 1.807) is 18.2 Å². The summed E-state index contributed by atoms with van der Waals surface area (Å²) in [7, 11) is -4.57. The summed E-state index contributed by atoms with van der Waals surface area (Å²) in [5.74, 6) is -0.289. The van der Waals surface area contributed by atoms with Crippen LogP contribution in [0.3, 0.4) is 0 Å². The first kappa shape index (κ1) is 12.5. The van der Waals surface area contributed by atoms with Crippen LogP contribution >= 0.6 is 0 Å². The van der Waals surface area contributed by atoms with Gasteiger partial charge in [-0.1, -0.05) is 24.3 Å². The van der Waals surface area contributed by atoms with Crippen molar-refractivity contribution < 1.29 is 22.5 Å². The fraction of sp³-hybridized carbons (Fsp3) is 0.0833. The van der Waals surface area contributed by atoms with Crippen molar-refractivity contribution in [1.82, 2.24) is 0 Å². The summed E-state index contributed by atoms with van der Waals surface area (Å²) in [4.78, 5) is 10.6. The van der Waals surface area contributed by atoms with E-state index in [1.165, 1.54) is 19.1 Å². The predicted octanol–water partition coefficient (Wildman–Crippen LogP) is 1.67. The molecule has 0 bridgehead atoms. The second-order valence-corrected chi connectivity index (χ2v) is 5.00. The Bertz CT molecular complexity index is 718. The highest BCUT2D eigenvalue weighted by atomic mass is 32.2. The Balaban J connectivity index is 2.78. The van der Waals surface area contributed by atoms with Crippen LogP contribution in [0.25, 0.3) is 10.8 Å². The SMILES string of the molecule is CC(=O)Oc1ccc(S(=O)(=O)[O-])c2ccccc12. The molecule has 0 atom stereocenters. The molecule has 0 saturated heterocycles. The topological polar surface area (TPSA) is 83.5 Å². The normalized spacial score (nSPS) is 11.4. The lowest BCUT2D eigenvalue weighted by molar-refractivity contribution is -0.131. The fourth-order valence-electron chi connectivity index (χ4n) is 1.71. The maximum Gasteiger partial charge on any atom is 0.308 e. The number of ether oxygens (including phenoxy) is 1. The molecule has 0 fully saturated rings. The third kappa shape index (κ3) is 2.34. The van der Waals surface area contributed by atoms with Crippen LogP contribution in [-0.2, 0) is 14.9 Å². The summed E-state index contributed by atoms with van der Waals surface area (Å²) in [6.45, 7) is 1.24. The molecule has 2 aromatic rings. The molecule has 0 amide bonds. The van der Waals surface area contributed by atoms with Gasteiger partial charge in [0, 0.05) is 17.7 Å². The maximum absolute atomic E-state index is 11.1. The number of fused-ring (bicyclic) bond motifs is 1. The van der Waals surface area contributed by atoms with Crippen molar-refractivity contribution in [3.8, 4) is 5.75 Å². The number of carbonyl (C=O) groups excluding carboxylic acids is 1. The molecule has 18 heavy (non-hydrogen) atoms. The molecule has 0 radical (unpaired) electrons. The lowest BCUT2D eigenvalue weighted by Crippen LogP contribution is -2.04. The zero-order valence-electron chi connectivity index (χ0n) is 9.41. The minimum Gasteiger partial charge on any atom is -0.744 e. The Kier molecular flexibility index (Phi) is 3.06. The van der Waals surface area contributed by atoms with Gasteiger partial charge in [0.05, 0.1) is 4.90 Å². The van der Waals surface area contributed by atoms with E-state index in [-0.39, 0.29) is 16.0 Å². The Hall–Kier alpha value is -1.92. The quantitative estimate of drug-likeness (QED) is 0.468. The molecular formula is C12H9O5S-. The first-order valence-electron chi connectivity index (χ1n) is 5.05. The van der Waals surface area contributed by atoms with Gasteiger partial charge in [0.15, 0.2) is 0 Å². The molecular weight excluding hydrogens is 256 g/mol. The number of hydrogen-bond acceptors (Lipinski definition) is 5. The zero-order chi connectivity index (χ0) is 13.3. The predicted molar refractivity (Wildman–Crippen MR) is 63.2 cm³/mol. The molecule has 0 spiro atoms. The summed E-state index contributed by atoms with van der Waals surface area (Å²) in [5, 5.41) is 0.649. The van der Waals surface area contributed by atoms with Gasteiger partial charge in [0.1, 0.15) is 15.9 Å². The summed E-state index contributed by atoms with van der Waals surface area (Å²) >= 11 is 0.